The number of amides is 2. The third-order valence-electron chi connectivity index (χ3n) is 3.70. The highest BCUT2D eigenvalue weighted by Crippen LogP contribution is 2.14. The van der Waals surface area contributed by atoms with Crippen molar-refractivity contribution in [3.63, 3.8) is 0 Å². The highest BCUT2D eigenvalue weighted by atomic mass is 16.5. The van der Waals surface area contributed by atoms with Crippen LogP contribution >= 0.6 is 0 Å². The first-order chi connectivity index (χ1) is 11.1. The molecule has 0 radical (unpaired) electrons. The van der Waals surface area contributed by atoms with Crippen molar-refractivity contribution < 1.29 is 9.53 Å². The number of carbonyl (C=O) groups excluding carboxylic acids is 1. The fourth-order valence-electron chi connectivity index (χ4n) is 2.22. The van der Waals surface area contributed by atoms with Crippen molar-refractivity contribution in [2.45, 2.75) is 33.6 Å². The lowest BCUT2D eigenvalue weighted by atomic mass is 10.1. The molecule has 0 unspecified atom stereocenters. The molecule has 0 saturated carbocycles. The van der Waals surface area contributed by atoms with E-state index in [1.807, 2.05) is 56.3 Å². The van der Waals surface area contributed by atoms with E-state index in [1.165, 1.54) is 11.1 Å². The summed E-state index contributed by atoms with van der Waals surface area (Å²) >= 11 is 0. The van der Waals surface area contributed by atoms with E-state index in [0.717, 1.165) is 29.8 Å². The van der Waals surface area contributed by atoms with E-state index in [4.69, 9.17) is 4.74 Å². The highest BCUT2D eigenvalue weighted by molar-refractivity contribution is 5.89. The van der Waals surface area contributed by atoms with Gasteiger partial charge in [-0.25, -0.2) is 4.79 Å². The molecule has 2 N–H and O–H groups in total. The molecule has 0 aliphatic rings. The molecule has 0 atom stereocenters. The van der Waals surface area contributed by atoms with Crippen molar-refractivity contribution in [1.29, 1.82) is 0 Å². The normalized spacial score (nSPS) is 10.2. The second kappa shape index (κ2) is 8.22. The minimum Gasteiger partial charge on any atom is -0.473 e. The second-order valence-corrected chi connectivity index (χ2v) is 5.61. The molecule has 4 nitrogen and oxygen atoms in total. The van der Waals surface area contributed by atoms with Gasteiger partial charge in [0.2, 0.25) is 0 Å². The maximum Gasteiger partial charge on any atom is 0.321 e. The Kier molecular flexibility index (Phi) is 6.03. The van der Waals surface area contributed by atoms with E-state index in [0.29, 0.717) is 0 Å². The predicted octanol–water partition coefficient (Wildman–Crippen LogP) is 4.41. The Morgan fingerprint density at radius 2 is 1.78 bits per heavy atom. The second-order valence-electron chi connectivity index (χ2n) is 5.61. The molecule has 2 aromatic carbocycles. The zero-order valence-corrected chi connectivity index (χ0v) is 14.0. The minimum atomic E-state index is -0.282. The SMILES string of the molecule is CCCc1ccc(OCNC(=O)Nc2ccc(C)c(C)c2)cc1. The summed E-state index contributed by atoms with van der Waals surface area (Å²) in [6, 6.07) is 13.5. The molecule has 122 valence electrons. The Bertz CT molecular complexity index is 651. The lowest BCUT2D eigenvalue weighted by Crippen LogP contribution is -2.32. The van der Waals surface area contributed by atoms with Crippen LogP contribution in [0.15, 0.2) is 42.5 Å². The number of urea groups is 1. The Morgan fingerprint density at radius 3 is 2.43 bits per heavy atom. The van der Waals surface area contributed by atoms with Crippen LogP contribution in [0.3, 0.4) is 0 Å². The average Bonchev–Trinajstić information content (AvgIpc) is 2.53. The van der Waals surface area contributed by atoms with E-state index >= 15 is 0 Å². The van der Waals surface area contributed by atoms with Gasteiger partial charge in [0.15, 0.2) is 6.73 Å². The van der Waals surface area contributed by atoms with Crippen LogP contribution < -0.4 is 15.4 Å². The number of anilines is 1. The van der Waals surface area contributed by atoms with Crippen LogP contribution in [0.25, 0.3) is 0 Å². The van der Waals surface area contributed by atoms with Gasteiger partial charge in [-0.15, -0.1) is 0 Å². The van der Waals surface area contributed by atoms with Gasteiger partial charge in [0, 0.05) is 5.69 Å². The van der Waals surface area contributed by atoms with E-state index in [2.05, 4.69) is 17.6 Å². The Balaban J connectivity index is 1.76. The van der Waals surface area contributed by atoms with Gasteiger partial charge in [-0.2, -0.15) is 0 Å². The van der Waals surface area contributed by atoms with Crippen LogP contribution in [0.4, 0.5) is 10.5 Å². The monoisotopic (exact) mass is 312 g/mol. The molecule has 0 saturated heterocycles. The molecule has 0 fully saturated rings. The summed E-state index contributed by atoms with van der Waals surface area (Å²) in [5, 5.41) is 5.47. The fraction of sp³-hybridized carbons (Fsp3) is 0.316. The van der Waals surface area contributed by atoms with Gasteiger partial charge in [-0.05, 0) is 61.2 Å². The van der Waals surface area contributed by atoms with Gasteiger partial charge in [-0.1, -0.05) is 31.5 Å². The smallest absolute Gasteiger partial charge is 0.321 e. The minimum absolute atomic E-state index is 0.129. The summed E-state index contributed by atoms with van der Waals surface area (Å²) in [5.74, 6) is 0.747. The lowest BCUT2D eigenvalue weighted by Gasteiger charge is -2.11. The van der Waals surface area contributed by atoms with Crippen molar-refractivity contribution in [3.05, 3.63) is 59.2 Å². The third kappa shape index (κ3) is 5.33. The number of aryl methyl sites for hydroxylation is 3. The summed E-state index contributed by atoms with van der Waals surface area (Å²) in [4.78, 5) is 11.8. The quantitative estimate of drug-likeness (QED) is 0.776. The average molecular weight is 312 g/mol. The molecule has 4 heteroatoms. The zero-order valence-electron chi connectivity index (χ0n) is 14.0. The number of benzene rings is 2. The largest absolute Gasteiger partial charge is 0.473 e. The highest BCUT2D eigenvalue weighted by Gasteiger charge is 2.03. The molecule has 0 heterocycles. The molecule has 0 aromatic heterocycles. The standard InChI is InChI=1S/C19H24N2O2/c1-4-5-16-7-10-18(11-8-16)23-13-20-19(22)21-17-9-6-14(2)15(3)12-17/h6-12H,4-5,13H2,1-3H3,(H2,20,21,22). The lowest BCUT2D eigenvalue weighted by molar-refractivity contribution is 0.234. The number of hydrogen-bond acceptors (Lipinski definition) is 2. The van der Waals surface area contributed by atoms with Crippen LogP contribution in [0, 0.1) is 13.8 Å². The van der Waals surface area contributed by atoms with Crippen LogP contribution in [-0.2, 0) is 6.42 Å². The van der Waals surface area contributed by atoms with Crippen molar-refractivity contribution in [2.24, 2.45) is 0 Å². The van der Waals surface area contributed by atoms with E-state index in [1.54, 1.807) is 0 Å². The van der Waals surface area contributed by atoms with E-state index < -0.39 is 0 Å². The van der Waals surface area contributed by atoms with Crippen molar-refractivity contribution >= 4 is 11.7 Å². The van der Waals surface area contributed by atoms with Gasteiger partial charge >= 0.3 is 6.03 Å². The molecule has 2 rings (SSSR count). The molecule has 0 aliphatic carbocycles. The summed E-state index contributed by atoms with van der Waals surface area (Å²) < 4.78 is 5.52. The number of hydrogen-bond donors (Lipinski definition) is 2. The molecule has 0 aliphatic heterocycles. The van der Waals surface area contributed by atoms with Crippen LogP contribution in [0.5, 0.6) is 5.75 Å². The van der Waals surface area contributed by atoms with Gasteiger partial charge in [-0.3, -0.25) is 0 Å². The third-order valence-corrected chi connectivity index (χ3v) is 3.70. The van der Waals surface area contributed by atoms with E-state index in [-0.39, 0.29) is 12.8 Å². The van der Waals surface area contributed by atoms with Crippen LogP contribution in [-0.4, -0.2) is 12.8 Å². The molecule has 2 aromatic rings. The number of ether oxygens (including phenoxy) is 1. The maximum absolute atomic E-state index is 11.8. The van der Waals surface area contributed by atoms with Crippen molar-refractivity contribution in [3.8, 4) is 5.75 Å². The molecule has 2 amide bonds. The van der Waals surface area contributed by atoms with Gasteiger partial charge < -0.3 is 15.4 Å². The topological polar surface area (TPSA) is 50.4 Å². The van der Waals surface area contributed by atoms with Gasteiger partial charge in [0.25, 0.3) is 0 Å². The predicted molar refractivity (Wildman–Crippen MR) is 94.0 cm³/mol. The summed E-state index contributed by atoms with van der Waals surface area (Å²) in [5.41, 5.74) is 4.41. The first-order valence-corrected chi connectivity index (χ1v) is 7.92. The van der Waals surface area contributed by atoms with Crippen LogP contribution in [0.2, 0.25) is 0 Å². The van der Waals surface area contributed by atoms with Crippen molar-refractivity contribution in [2.75, 3.05) is 12.0 Å². The van der Waals surface area contributed by atoms with Gasteiger partial charge in [0.05, 0.1) is 0 Å². The number of nitrogens with one attached hydrogen (secondary N) is 2. The fourth-order valence-corrected chi connectivity index (χ4v) is 2.22. The van der Waals surface area contributed by atoms with E-state index in [9.17, 15) is 4.79 Å². The van der Waals surface area contributed by atoms with Crippen LogP contribution in [0.1, 0.15) is 30.0 Å². The van der Waals surface area contributed by atoms with Gasteiger partial charge in [0.1, 0.15) is 5.75 Å². The Labute approximate surface area is 137 Å². The first-order valence-electron chi connectivity index (χ1n) is 7.92. The van der Waals surface area contributed by atoms with Crippen molar-refractivity contribution in [1.82, 2.24) is 5.32 Å². The summed E-state index contributed by atoms with van der Waals surface area (Å²) in [6.45, 7) is 6.34. The Hall–Kier alpha value is -2.49. The Morgan fingerprint density at radius 1 is 1.04 bits per heavy atom. The number of rotatable bonds is 6. The maximum atomic E-state index is 11.8. The zero-order chi connectivity index (χ0) is 16.7. The first kappa shape index (κ1) is 16.9. The summed E-state index contributed by atoms with van der Waals surface area (Å²) in [7, 11) is 0. The number of carbonyl (C=O) groups is 1. The molecule has 23 heavy (non-hydrogen) atoms. The molecular weight excluding hydrogens is 288 g/mol. The molecule has 0 bridgehead atoms. The molecular formula is C19H24N2O2. The summed E-state index contributed by atoms with van der Waals surface area (Å²) in [6.07, 6.45) is 2.19. The molecule has 0 spiro atoms.